The van der Waals surface area contributed by atoms with E-state index in [2.05, 4.69) is 20.3 Å². The van der Waals surface area contributed by atoms with Crippen LogP contribution in [-0.2, 0) is 9.59 Å². The lowest BCUT2D eigenvalue weighted by Gasteiger charge is -2.42. The first kappa shape index (κ1) is 14.1. The number of nitrogens with zero attached hydrogens (tertiary/aromatic N) is 5. The molecule has 2 aliphatic rings. The second kappa shape index (κ2) is 5.31. The topological polar surface area (TPSA) is 82.8 Å². The number of hydrogen-bond acceptors (Lipinski definition) is 5. The smallest absolute Gasteiger partial charge is 0.229 e. The number of pyridine rings is 1. The minimum atomic E-state index is -0.292. The maximum atomic E-state index is 12.4. The highest BCUT2D eigenvalue weighted by Gasteiger charge is 2.41. The van der Waals surface area contributed by atoms with Gasteiger partial charge in [0.15, 0.2) is 5.65 Å². The van der Waals surface area contributed by atoms with Crippen LogP contribution in [0.1, 0.15) is 6.42 Å². The number of carbonyl (C=O) groups excluding carboxylic acids is 2. The van der Waals surface area contributed by atoms with Crippen molar-refractivity contribution in [2.75, 3.05) is 32.0 Å². The fourth-order valence-electron chi connectivity index (χ4n) is 3.26. The number of likely N-dealkylation sites (tertiary alicyclic amines) is 2. The summed E-state index contributed by atoms with van der Waals surface area (Å²) >= 11 is 0. The summed E-state index contributed by atoms with van der Waals surface area (Å²) in [6, 6.07) is 3.84. The number of rotatable bonds is 3. The van der Waals surface area contributed by atoms with Crippen LogP contribution in [0.3, 0.4) is 0 Å². The van der Waals surface area contributed by atoms with Crippen LogP contribution in [0, 0.1) is 5.92 Å². The highest BCUT2D eigenvalue weighted by molar-refractivity contribution is 5.97. The number of anilines is 1. The number of hydrogen-bond donors (Lipinski definition) is 1. The van der Waals surface area contributed by atoms with Gasteiger partial charge >= 0.3 is 0 Å². The molecule has 0 radical (unpaired) electrons. The molecule has 120 valence electrons. The molecule has 1 N–H and O–H groups in total. The molecule has 0 saturated carbocycles. The molecule has 23 heavy (non-hydrogen) atoms. The summed E-state index contributed by atoms with van der Waals surface area (Å²) in [5.41, 5.74) is 1.38. The van der Waals surface area contributed by atoms with E-state index in [4.69, 9.17) is 0 Å². The summed E-state index contributed by atoms with van der Waals surface area (Å²) < 4.78 is 1.60. The molecule has 0 bridgehead atoms. The molecule has 2 saturated heterocycles. The van der Waals surface area contributed by atoms with Crippen LogP contribution >= 0.6 is 0 Å². The van der Waals surface area contributed by atoms with Crippen molar-refractivity contribution >= 4 is 23.1 Å². The first-order valence-corrected chi connectivity index (χ1v) is 7.68. The third-order valence-electron chi connectivity index (χ3n) is 4.56. The lowest BCUT2D eigenvalue weighted by Crippen LogP contribution is -2.58. The highest BCUT2D eigenvalue weighted by atomic mass is 16.2. The van der Waals surface area contributed by atoms with Crippen LogP contribution in [0.25, 0.3) is 5.65 Å². The molecule has 2 amide bonds. The van der Waals surface area contributed by atoms with E-state index in [-0.39, 0.29) is 30.2 Å². The van der Waals surface area contributed by atoms with Gasteiger partial charge in [-0.15, -0.1) is 0 Å². The summed E-state index contributed by atoms with van der Waals surface area (Å²) in [5, 5.41) is 6.92. The SMILES string of the molecule is CN1CC(N2CC(C(=O)Nc3ccc4ncnn4c3)CC2=O)C1. The molecule has 0 aliphatic carbocycles. The third-order valence-corrected chi connectivity index (χ3v) is 4.56. The Kier molecular flexibility index (Phi) is 3.26. The Balaban J connectivity index is 1.42. The highest BCUT2D eigenvalue weighted by Crippen LogP contribution is 2.25. The Morgan fingerprint density at radius 3 is 2.91 bits per heavy atom. The van der Waals surface area contributed by atoms with Gasteiger partial charge in [0.25, 0.3) is 0 Å². The van der Waals surface area contributed by atoms with Crippen molar-refractivity contribution in [1.29, 1.82) is 0 Å². The first-order valence-electron chi connectivity index (χ1n) is 7.68. The number of amides is 2. The van der Waals surface area contributed by atoms with E-state index < -0.39 is 0 Å². The maximum absolute atomic E-state index is 12.4. The van der Waals surface area contributed by atoms with Crippen molar-refractivity contribution in [2.45, 2.75) is 12.5 Å². The van der Waals surface area contributed by atoms with Crippen LogP contribution in [0.15, 0.2) is 24.7 Å². The van der Waals surface area contributed by atoms with Gasteiger partial charge in [-0.1, -0.05) is 0 Å². The average Bonchev–Trinajstić information content (AvgIpc) is 3.10. The lowest BCUT2D eigenvalue weighted by molar-refractivity contribution is -0.132. The molecular formula is C15H18N6O2. The van der Waals surface area contributed by atoms with E-state index in [0.29, 0.717) is 12.2 Å². The van der Waals surface area contributed by atoms with Crippen LogP contribution in [-0.4, -0.2) is 68.9 Å². The molecule has 2 fully saturated rings. The molecule has 0 spiro atoms. The monoisotopic (exact) mass is 314 g/mol. The van der Waals surface area contributed by atoms with Gasteiger partial charge in [0, 0.05) is 26.1 Å². The summed E-state index contributed by atoms with van der Waals surface area (Å²) in [7, 11) is 2.03. The number of aromatic nitrogens is 3. The quantitative estimate of drug-likeness (QED) is 0.850. The fourth-order valence-corrected chi connectivity index (χ4v) is 3.26. The third kappa shape index (κ3) is 2.55. The van der Waals surface area contributed by atoms with Crippen LogP contribution in [0.5, 0.6) is 0 Å². The van der Waals surface area contributed by atoms with E-state index in [1.807, 2.05) is 11.9 Å². The maximum Gasteiger partial charge on any atom is 0.229 e. The van der Waals surface area contributed by atoms with Crippen molar-refractivity contribution in [3.63, 3.8) is 0 Å². The van der Waals surface area contributed by atoms with Crippen LogP contribution in [0.4, 0.5) is 5.69 Å². The van der Waals surface area contributed by atoms with E-state index in [1.165, 1.54) is 6.33 Å². The van der Waals surface area contributed by atoms with Crippen molar-refractivity contribution in [3.8, 4) is 0 Å². The molecule has 1 unspecified atom stereocenters. The summed E-state index contributed by atoms with van der Waals surface area (Å²) in [4.78, 5) is 32.6. The normalized spacial score (nSPS) is 22.6. The summed E-state index contributed by atoms with van der Waals surface area (Å²) in [6.45, 7) is 2.29. The number of nitrogens with one attached hydrogen (secondary N) is 1. The number of fused-ring (bicyclic) bond motifs is 1. The van der Waals surface area contributed by atoms with Gasteiger partial charge in [0.2, 0.25) is 11.8 Å². The van der Waals surface area contributed by atoms with E-state index in [1.54, 1.807) is 22.8 Å². The second-order valence-electron chi connectivity index (χ2n) is 6.29. The summed E-state index contributed by atoms with van der Waals surface area (Å²) in [6.07, 6.45) is 3.47. The number of likely N-dealkylation sites (N-methyl/N-ethyl adjacent to an activating group) is 1. The van der Waals surface area contributed by atoms with E-state index >= 15 is 0 Å². The summed E-state index contributed by atoms with van der Waals surface area (Å²) in [5.74, 6) is -0.331. The van der Waals surface area contributed by atoms with Crippen molar-refractivity contribution in [2.24, 2.45) is 5.92 Å². The standard InChI is InChI=1S/C15H18N6O2/c1-19-7-12(8-19)20-5-10(4-14(20)22)15(23)18-11-2-3-13-16-9-17-21(13)6-11/h2-3,6,9-10,12H,4-5,7-8H2,1H3,(H,18,23). The first-order chi connectivity index (χ1) is 11.1. The Morgan fingerprint density at radius 1 is 1.30 bits per heavy atom. The van der Waals surface area contributed by atoms with Gasteiger partial charge in [0.05, 0.1) is 23.8 Å². The van der Waals surface area contributed by atoms with E-state index in [0.717, 1.165) is 18.7 Å². The molecule has 8 nitrogen and oxygen atoms in total. The zero-order valence-corrected chi connectivity index (χ0v) is 12.8. The molecule has 0 aromatic carbocycles. The Labute approximate surface area is 133 Å². The Bertz CT molecular complexity index is 766. The second-order valence-corrected chi connectivity index (χ2v) is 6.29. The van der Waals surface area contributed by atoms with Crippen molar-refractivity contribution in [1.82, 2.24) is 24.4 Å². The molecule has 8 heteroatoms. The largest absolute Gasteiger partial charge is 0.336 e. The average molecular weight is 314 g/mol. The van der Waals surface area contributed by atoms with Crippen molar-refractivity contribution in [3.05, 3.63) is 24.7 Å². The molecule has 4 heterocycles. The molecule has 2 aromatic heterocycles. The lowest BCUT2D eigenvalue weighted by atomic mass is 10.1. The fraction of sp³-hybridized carbons (Fsp3) is 0.467. The van der Waals surface area contributed by atoms with Crippen LogP contribution in [0.2, 0.25) is 0 Å². The van der Waals surface area contributed by atoms with Gasteiger partial charge < -0.3 is 15.1 Å². The minimum absolute atomic E-state index is 0.0787. The van der Waals surface area contributed by atoms with Gasteiger partial charge in [-0.25, -0.2) is 9.50 Å². The molecule has 2 aliphatic heterocycles. The Morgan fingerprint density at radius 2 is 2.13 bits per heavy atom. The minimum Gasteiger partial charge on any atom is -0.336 e. The number of carbonyl (C=O) groups is 2. The van der Waals surface area contributed by atoms with E-state index in [9.17, 15) is 9.59 Å². The van der Waals surface area contributed by atoms with Gasteiger partial charge in [-0.3, -0.25) is 9.59 Å². The van der Waals surface area contributed by atoms with Gasteiger partial charge in [0.1, 0.15) is 6.33 Å². The molecular weight excluding hydrogens is 296 g/mol. The van der Waals surface area contributed by atoms with Gasteiger partial charge in [-0.05, 0) is 19.2 Å². The van der Waals surface area contributed by atoms with Gasteiger partial charge in [-0.2, -0.15) is 5.10 Å². The Hall–Kier alpha value is -2.48. The van der Waals surface area contributed by atoms with Crippen molar-refractivity contribution < 1.29 is 9.59 Å². The molecule has 4 rings (SSSR count). The predicted molar refractivity (Wildman–Crippen MR) is 82.7 cm³/mol. The zero-order chi connectivity index (χ0) is 16.0. The zero-order valence-electron chi connectivity index (χ0n) is 12.8. The van der Waals surface area contributed by atoms with Crippen LogP contribution < -0.4 is 5.32 Å². The molecule has 2 aromatic rings. The predicted octanol–water partition coefficient (Wildman–Crippen LogP) is -0.170. The molecule has 1 atom stereocenters.